The highest BCUT2D eigenvalue weighted by molar-refractivity contribution is 5.96. The smallest absolute Gasteiger partial charge is 0.255 e. The number of amides is 1. The van der Waals surface area contributed by atoms with Crippen LogP contribution in [0.3, 0.4) is 0 Å². The highest BCUT2D eigenvalue weighted by Crippen LogP contribution is 2.26. The maximum atomic E-state index is 12.9. The van der Waals surface area contributed by atoms with Crippen molar-refractivity contribution in [1.29, 1.82) is 0 Å². The molecule has 1 heterocycles. The predicted molar refractivity (Wildman–Crippen MR) is 116 cm³/mol. The summed E-state index contributed by atoms with van der Waals surface area (Å²) in [5, 5.41) is 3.15. The molecule has 0 aromatic heterocycles. The molecule has 1 aliphatic heterocycles. The van der Waals surface area contributed by atoms with Gasteiger partial charge in [-0.05, 0) is 62.2 Å². The lowest BCUT2D eigenvalue weighted by atomic mass is 10.0. The molecule has 0 bridgehead atoms. The third-order valence-electron chi connectivity index (χ3n) is 5.38. The number of likely N-dealkylation sites (tertiary alicyclic amines) is 1. The van der Waals surface area contributed by atoms with Gasteiger partial charge in [0.2, 0.25) is 0 Å². The van der Waals surface area contributed by atoms with Crippen LogP contribution in [0.1, 0.15) is 54.6 Å². The Morgan fingerprint density at radius 1 is 1.07 bits per heavy atom. The fourth-order valence-electron chi connectivity index (χ4n) is 3.79. The van der Waals surface area contributed by atoms with Crippen LogP contribution in [0.15, 0.2) is 48.5 Å². The Morgan fingerprint density at radius 3 is 2.48 bits per heavy atom. The van der Waals surface area contributed by atoms with Crippen molar-refractivity contribution in [3.8, 4) is 11.5 Å². The van der Waals surface area contributed by atoms with Crippen LogP contribution < -0.4 is 14.8 Å². The van der Waals surface area contributed by atoms with Crippen molar-refractivity contribution < 1.29 is 14.3 Å². The van der Waals surface area contributed by atoms with Crippen LogP contribution in [0, 0.1) is 0 Å². The molecular weight excluding hydrogens is 364 g/mol. The molecule has 3 rings (SSSR count). The summed E-state index contributed by atoms with van der Waals surface area (Å²) in [6.45, 7) is 5.34. The normalized spacial score (nSPS) is 15.5. The van der Waals surface area contributed by atoms with E-state index in [9.17, 15) is 4.79 Å². The lowest BCUT2D eigenvalue weighted by Crippen LogP contribution is -2.40. The monoisotopic (exact) mass is 396 g/mol. The van der Waals surface area contributed by atoms with Gasteiger partial charge in [-0.15, -0.1) is 0 Å². The molecule has 0 aliphatic carbocycles. The largest absolute Gasteiger partial charge is 0.497 e. The second-order valence-electron chi connectivity index (χ2n) is 7.44. The molecule has 1 aliphatic rings. The standard InChI is InChI=1S/C24H32N2O3/c1-3-17-29-23-10-6-5-9-21(23)24(27)25-18-22(26-15-7-4-8-16-26)19-11-13-20(28-2)14-12-19/h5-6,9-14,22H,3-4,7-8,15-18H2,1-2H3,(H,25,27)/t22-/m1/s1. The van der Waals surface area contributed by atoms with Crippen molar-refractivity contribution in [2.45, 2.75) is 38.6 Å². The van der Waals surface area contributed by atoms with Crippen molar-refractivity contribution in [3.05, 3.63) is 59.7 Å². The lowest BCUT2D eigenvalue weighted by molar-refractivity contribution is 0.0920. The summed E-state index contributed by atoms with van der Waals surface area (Å²) in [6, 6.07) is 15.8. The number of hydrogen-bond acceptors (Lipinski definition) is 4. The Hall–Kier alpha value is -2.53. The van der Waals surface area contributed by atoms with Crippen molar-refractivity contribution in [2.24, 2.45) is 0 Å². The SMILES string of the molecule is CCCOc1ccccc1C(=O)NC[C@H](c1ccc(OC)cc1)N1CCCCC1. The lowest BCUT2D eigenvalue weighted by Gasteiger charge is -2.35. The molecule has 1 saturated heterocycles. The van der Waals surface area contributed by atoms with E-state index < -0.39 is 0 Å². The second-order valence-corrected chi connectivity index (χ2v) is 7.44. The zero-order chi connectivity index (χ0) is 20.5. The Bertz CT molecular complexity index is 770. The molecule has 0 spiro atoms. The first-order valence-electron chi connectivity index (χ1n) is 10.6. The van der Waals surface area contributed by atoms with Crippen LogP contribution in [-0.2, 0) is 0 Å². The Kier molecular flexibility index (Phi) is 7.94. The van der Waals surface area contributed by atoms with Gasteiger partial charge >= 0.3 is 0 Å². The number of piperidine rings is 1. The van der Waals surface area contributed by atoms with Crippen molar-refractivity contribution >= 4 is 5.91 Å². The van der Waals surface area contributed by atoms with E-state index in [-0.39, 0.29) is 11.9 Å². The van der Waals surface area contributed by atoms with Crippen molar-refractivity contribution in [2.75, 3.05) is 33.4 Å². The molecule has 0 unspecified atom stereocenters. The average molecular weight is 397 g/mol. The number of para-hydroxylation sites is 1. The van der Waals surface area contributed by atoms with Gasteiger partial charge in [0.1, 0.15) is 11.5 Å². The Balaban J connectivity index is 1.73. The van der Waals surface area contributed by atoms with Gasteiger partial charge in [-0.3, -0.25) is 9.69 Å². The molecule has 0 radical (unpaired) electrons. The fourth-order valence-corrected chi connectivity index (χ4v) is 3.79. The summed E-state index contributed by atoms with van der Waals surface area (Å²) in [7, 11) is 1.68. The van der Waals surface area contributed by atoms with Crippen molar-refractivity contribution in [1.82, 2.24) is 10.2 Å². The zero-order valence-electron chi connectivity index (χ0n) is 17.5. The Morgan fingerprint density at radius 2 is 1.79 bits per heavy atom. The summed E-state index contributed by atoms with van der Waals surface area (Å²) in [4.78, 5) is 15.4. The summed E-state index contributed by atoms with van der Waals surface area (Å²) in [5.74, 6) is 1.40. The van der Waals surface area contributed by atoms with E-state index in [1.165, 1.54) is 24.8 Å². The van der Waals surface area contributed by atoms with Crippen LogP contribution in [0.25, 0.3) is 0 Å². The molecule has 5 heteroatoms. The quantitative estimate of drug-likeness (QED) is 0.681. The van der Waals surface area contributed by atoms with E-state index in [4.69, 9.17) is 9.47 Å². The number of ether oxygens (including phenoxy) is 2. The summed E-state index contributed by atoms with van der Waals surface area (Å²) >= 11 is 0. The molecule has 1 atom stereocenters. The third kappa shape index (κ3) is 5.73. The number of methoxy groups -OCH3 is 1. The number of rotatable bonds is 9. The number of nitrogens with zero attached hydrogens (tertiary/aromatic N) is 1. The summed E-state index contributed by atoms with van der Waals surface area (Å²) in [5.41, 5.74) is 1.79. The van der Waals surface area contributed by atoms with E-state index in [0.29, 0.717) is 24.5 Å². The first-order valence-corrected chi connectivity index (χ1v) is 10.6. The molecule has 5 nitrogen and oxygen atoms in total. The zero-order valence-corrected chi connectivity index (χ0v) is 17.5. The number of carbonyl (C=O) groups excluding carboxylic acids is 1. The first-order chi connectivity index (χ1) is 14.2. The average Bonchev–Trinajstić information content (AvgIpc) is 2.79. The fraction of sp³-hybridized carbons (Fsp3) is 0.458. The van der Waals surface area contributed by atoms with Gasteiger partial charge in [-0.25, -0.2) is 0 Å². The minimum atomic E-state index is -0.0905. The van der Waals surface area contributed by atoms with Gasteiger partial charge in [0.05, 0.1) is 25.3 Å². The van der Waals surface area contributed by atoms with Crippen molar-refractivity contribution in [3.63, 3.8) is 0 Å². The minimum absolute atomic E-state index is 0.0905. The molecule has 2 aromatic carbocycles. The Labute approximate surface area is 174 Å². The van der Waals surface area contributed by atoms with Gasteiger partial charge in [0.25, 0.3) is 5.91 Å². The number of benzene rings is 2. The van der Waals surface area contributed by atoms with E-state index in [1.807, 2.05) is 36.4 Å². The van der Waals surface area contributed by atoms with E-state index in [2.05, 4.69) is 29.3 Å². The second kappa shape index (κ2) is 10.9. The molecule has 1 amide bonds. The van der Waals surface area contributed by atoms with Gasteiger partial charge in [-0.1, -0.05) is 37.6 Å². The number of carbonyl (C=O) groups is 1. The molecule has 1 N–H and O–H groups in total. The molecule has 2 aromatic rings. The van der Waals surface area contributed by atoms with Crippen LogP contribution in [0.2, 0.25) is 0 Å². The van der Waals surface area contributed by atoms with E-state index in [1.54, 1.807) is 7.11 Å². The number of nitrogens with one attached hydrogen (secondary N) is 1. The maximum Gasteiger partial charge on any atom is 0.255 e. The third-order valence-corrected chi connectivity index (χ3v) is 5.38. The molecule has 29 heavy (non-hydrogen) atoms. The van der Waals surface area contributed by atoms with E-state index >= 15 is 0 Å². The molecule has 1 fully saturated rings. The first kappa shape index (κ1) is 21.2. The molecule has 156 valence electrons. The van der Waals surface area contributed by atoms with Crippen LogP contribution >= 0.6 is 0 Å². The number of hydrogen-bond donors (Lipinski definition) is 1. The molecule has 0 saturated carbocycles. The maximum absolute atomic E-state index is 12.9. The summed E-state index contributed by atoms with van der Waals surface area (Å²) < 4.78 is 11.1. The highest BCUT2D eigenvalue weighted by Gasteiger charge is 2.23. The highest BCUT2D eigenvalue weighted by atomic mass is 16.5. The topological polar surface area (TPSA) is 50.8 Å². The van der Waals surface area contributed by atoms with Crippen LogP contribution in [-0.4, -0.2) is 44.2 Å². The minimum Gasteiger partial charge on any atom is -0.497 e. The predicted octanol–water partition coefficient (Wildman–Crippen LogP) is 4.44. The molecular formula is C24H32N2O3. The van der Waals surface area contributed by atoms with Gasteiger partial charge in [0, 0.05) is 6.54 Å². The van der Waals surface area contributed by atoms with Gasteiger partial charge in [0.15, 0.2) is 0 Å². The van der Waals surface area contributed by atoms with Crippen LogP contribution in [0.5, 0.6) is 11.5 Å². The summed E-state index contributed by atoms with van der Waals surface area (Å²) in [6.07, 6.45) is 4.59. The van der Waals surface area contributed by atoms with E-state index in [0.717, 1.165) is 25.3 Å². The van der Waals surface area contributed by atoms with Gasteiger partial charge < -0.3 is 14.8 Å². The van der Waals surface area contributed by atoms with Gasteiger partial charge in [-0.2, -0.15) is 0 Å². The van der Waals surface area contributed by atoms with Crippen LogP contribution in [0.4, 0.5) is 0 Å².